The molecular formula is C12H11BrN2O2. The van der Waals surface area contributed by atoms with E-state index in [0.717, 1.165) is 10.3 Å². The van der Waals surface area contributed by atoms with Crippen LogP contribution in [0.5, 0.6) is 11.5 Å². The van der Waals surface area contributed by atoms with Crippen molar-refractivity contribution in [3.63, 3.8) is 0 Å². The third-order valence-electron chi connectivity index (χ3n) is 2.31. The van der Waals surface area contributed by atoms with Crippen LogP contribution in [0.25, 0.3) is 0 Å². The predicted octanol–water partition coefficient (Wildman–Crippen LogP) is 2.87. The van der Waals surface area contributed by atoms with E-state index in [1.165, 1.54) is 6.07 Å². The molecule has 0 atom stereocenters. The zero-order valence-corrected chi connectivity index (χ0v) is 10.5. The van der Waals surface area contributed by atoms with Crippen LogP contribution in [0.4, 0.5) is 5.69 Å². The van der Waals surface area contributed by atoms with E-state index >= 15 is 0 Å². The third kappa shape index (κ3) is 2.88. The highest BCUT2D eigenvalue weighted by Gasteiger charge is 2.05. The second-order valence-corrected chi connectivity index (χ2v) is 4.32. The van der Waals surface area contributed by atoms with Crippen LogP contribution in [0.15, 0.2) is 41.1 Å². The number of benzene rings is 1. The Kier molecular flexibility index (Phi) is 3.49. The number of para-hydroxylation sites is 1. The summed E-state index contributed by atoms with van der Waals surface area (Å²) in [7, 11) is 0. The first-order valence-electron chi connectivity index (χ1n) is 5.02. The quantitative estimate of drug-likeness (QED) is 0.602. The molecule has 2 aromatic rings. The molecule has 17 heavy (non-hydrogen) atoms. The van der Waals surface area contributed by atoms with Crippen molar-refractivity contribution in [1.29, 1.82) is 0 Å². The van der Waals surface area contributed by atoms with Gasteiger partial charge >= 0.3 is 0 Å². The van der Waals surface area contributed by atoms with Crippen LogP contribution >= 0.6 is 15.9 Å². The molecule has 0 saturated heterocycles. The number of rotatable bonds is 3. The van der Waals surface area contributed by atoms with Gasteiger partial charge in [0.25, 0.3) is 0 Å². The van der Waals surface area contributed by atoms with Crippen molar-refractivity contribution in [3.05, 3.63) is 46.7 Å². The van der Waals surface area contributed by atoms with Crippen molar-refractivity contribution in [2.24, 2.45) is 0 Å². The monoisotopic (exact) mass is 294 g/mol. The number of anilines is 1. The van der Waals surface area contributed by atoms with Crippen molar-refractivity contribution in [2.45, 2.75) is 6.54 Å². The standard InChI is InChI=1S/C12H11BrN2O2/c13-11-5-4-9(7-15-11)14-6-8-2-1-3-10(16)12(8)17/h1-5,7,14,16-17H,6H2. The average Bonchev–Trinajstić information content (AvgIpc) is 2.33. The van der Waals surface area contributed by atoms with Gasteiger partial charge in [0.2, 0.25) is 0 Å². The molecule has 4 nitrogen and oxygen atoms in total. The minimum Gasteiger partial charge on any atom is -0.504 e. The number of hydrogen-bond donors (Lipinski definition) is 3. The zero-order chi connectivity index (χ0) is 12.3. The Morgan fingerprint density at radius 1 is 1.18 bits per heavy atom. The van der Waals surface area contributed by atoms with Crippen molar-refractivity contribution >= 4 is 21.6 Å². The highest BCUT2D eigenvalue weighted by atomic mass is 79.9. The van der Waals surface area contributed by atoms with Gasteiger partial charge in [0, 0.05) is 12.1 Å². The van der Waals surface area contributed by atoms with Crippen LogP contribution in [0.2, 0.25) is 0 Å². The van der Waals surface area contributed by atoms with Crippen LogP contribution in [0, 0.1) is 0 Å². The summed E-state index contributed by atoms with van der Waals surface area (Å²) < 4.78 is 0.767. The lowest BCUT2D eigenvalue weighted by Crippen LogP contribution is -1.99. The number of aromatic hydroxyl groups is 2. The van der Waals surface area contributed by atoms with Crippen LogP contribution in [0.1, 0.15) is 5.56 Å². The summed E-state index contributed by atoms with van der Waals surface area (Å²) in [5.41, 5.74) is 1.48. The fourth-order valence-electron chi connectivity index (χ4n) is 1.40. The summed E-state index contributed by atoms with van der Waals surface area (Å²) in [5.74, 6) is -0.205. The second kappa shape index (κ2) is 5.05. The first kappa shape index (κ1) is 11.7. The number of halogens is 1. The summed E-state index contributed by atoms with van der Waals surface area (Å²) in [4.78, 5) is 4.07. The molecular weight excluding hydrogens is 284 g/mol. The Hall–Kier alpha value is -1.75. The van der Waals surface area contributed by atoms with Gasteiger partial charge in [-0.2, -0.15) is 0 Å². The summed E-state index contributed by atoms with van der Waals surface area (Å²) in [6.45, 7) is 0.420. The lowest BCUT2D eigenvalue weighted by molar-refractivity contribution is 0.400. The van der Waals surface area contributed by atoms with Crippen molar-refractivity contribution in [2.75, 3.05) is 5.32 Å². The molecule has 0 spiro atoms. The number of nitrogens with zero attached hydrogens (tertiary/aromatic N) is 1. The molecule has 0 fully saturated rings. The Morgan fingerprint density at radius 3 is 2.71 bits per heavy atom. The zero-order valence-electron chi connectivity index (χ0n) is 8.89. The fraction of sp³-hybridized carbons (Fsp3) is 0.0833. The number of aromatic nitrogens is 1. The van der Waals surface area contributed by atoms with Crippen molar-refractivity contribution in [1.82, 2.24) is 4.98 Å². The highest BCUT2D eigenvalue weighted by Crippen LogP contribution is 2.28. The maximum Gasteiger partial charge on any atom is 0.162 e. The Balaban J connectivity index is 2.07. The highest BCUT2D eigenvalue weighted by molar-refractivity contribution is 9.10. The number of nitrogens with one attached hydrogen (secondary N) is 1. The van der Waals surface area contributed by atoms with E-state index in [-0.39, 0.29) is 11.5 Å². The molecule has 1 aromatic heterocycles. The van der Waals surface area contributed by atoms with E-state index in [1.54, 1.807) is 18.3 Å². The first-order chi connectivity index (χ1) is 8.16. The topological polar surface area (TPSA) is 65.4 Å². The summed E-state index contributed by atoms with van der Waals surface area (Å²) in [5, 5.41) is 22.0. The largest absolute Gasteiger partial charge is 0.504 e. The smallest absolute Gasteiger partial charge is 0.162 e. The average molecular weight is 295 g/mol. The van der Waals surface area contributed by atoms with Gasteiger partial charge in [-0.25, -0.2) is 4.98 Å². The van der Waals surface area contributed by atoms with Crippen LogP contribution < -0.4 is 5.32 Å². The molecule has 1 heterocycles. The van der Waals surface area contributed by atoms with Gasteiger partial charge in [-0.3, -0.25) is 0 Å². The minimum absolute atomic E-state index is 0.0925. The van der Waals surface area contributed by atoms with Gasteiger partial charge < -0.3 is 15.5 Å². The van der Waals surface area contributed by atoms with Gasteiger partial charge in [0.15, 0.2) is 11.5 Å². The maximum atomic E-state index is 9.61. The van der Waals surface area contributed by atoms with E-state index in [1.807, 2.05) is 12.1 Å². The van der Waals surface area contributed by atoms with E-state index in [4.69, 9.17) is 0 Å². The van der Waals surface area contributed by atoms with Crippen LogP contribution in [0.3, 0.4) is 0 Å². The second-order valence-electron chi connectivity index (χ2n) is 3.51. The molecule has 0 saturated carbocycles. The molecule has 0 aliphatic carbocycles. The molecule has 0 radical (unpaired) electrons. The SMILES string of the molecule is Oc1cccc(CNc2ccc(Br)nc2)c1O. The first-order valence-corrected chi connectivity index (χ1v) is 5.81. The normalized spacial score (nSPS) is 10.2. The van der Waals surface area contributed by atoms with E-state index < -0.39 is 0 Å². The molecule has 2 rings (SSSR count). The van der Waals surface area contributed by atoms with E-state index in [9.17, 15) is 10.2 Å². The Morgan fingerprint density at radius 2 is 2.00 bits per heavy atom. The van der Waals surface area contributed by atoms with Gasteiger partial charge in [0.05, 0.1) is 11.9 Å². The summed E-state index contributed by atoms with van der Waals surface area (Å²) in [6, 6.07) is 8.57. The molecule has 5 heteroatoms. The molecule has 1 aromatic carbocycles. The molecule has 88 valence electrons. The third-order valence-corrected chi connectivity index (χ3v) is 2.78. The van der Waals surface area contributed by atoms with Gasteiger partial charge in [-0.1, -0.05) is 12.1 Å². The molecule has 0 unspecified atom stereocenters. The number of phenols is 2. The molecule has 0 amide bonds. The number of pyridine rings is 1. The Bertz CT molecular complexity index is 514. The van der Waals surface area contributed by atoms with Crippen LogP contribution in [-0.4, -0.2) is 15.2 Å². The molecule has 0 bridgehead atoms. The van der Waals surface area contributed by atoms with Crippen LogP contribution in [-0.2, 0) is 6.54 Å². The van der Waals surface area contributed by atoms with E-state index in [0.29, 0.717) is 12.1 Å². The van der Waals surface area contributed by atoms with Gasteiger partial charge in [-0.05, 0) is 34.1 Å². The lowest BCUT2D eigenvalue weighted by atomic mass is 10.2. The lowest BCUT2D eigenvalue weighted by Gasteiger charge is -2.08. The molecule has 0 aliphatic heterocycles. The maximum absolute atomic E-state index is 9.61. The molecule has 0 aliphatic rings. The Labute approximate surface area is 107 Å². The van der Waals surface area contributed by atoms with Crippen molar-refractivity contribution < 1.29 is 10.2 Å². The van der Waals surface area contributed by atoms with E-state index in [2.05, 4.69) is 26.2 Å². The molecule has 3 N–H and O–H groups in total. The van der Waals surface area contributed by atoms with Gasteiger partial charge in [0.1, 0.15) is 4.60 Å². The van der Waals surface area contributed by atoms with Crippen molar-refractivity contribution in [3.8, 4) is 11.5 Å². The van der Waals surface area contributed by atoms with Gasteiger partial charge in [-0.15, -0.1) is 0 Å². The predicted molar refractivity (Wildman–Crippen MR) is 69.0 cm³/mol. The number of phenolic OH excluding ortho intramolecular Hbond substituents is 2. The fourth-order valence-corrected chi connectivity index (χ4v) is 1.63. The minimum atomic E-state index is -0.113. The summed E-state index contributed by atoms with van der Waals surface area (Å²) in [6.07, 6.45) is 1.68. The number of hydrogen-bond acceptors (Lipinski definition) is 4. The summed E-state index contributed by atoms with van der Waals surface area (Å²) >= 11 is 3.25.